The molecular weight excluding hydrogens is 390 g/mol. The number of benzene rings is 2. The van der Waals surface area contributed by atoms with E-state index >= 15 is 0 Å². The minimum Gasteiger partial charge on any atom is -0.497 e. The Kier molecular flexibility index (Phi) is 7.96. The van der Waals surface area contributed by atoms with Crippen molar-refractivity contribution >= 4 is 21.6 Å². The minimum atomic E-state index is 0.517. The summed E-state index contributed by atoms with van der Waals surface area (Å²) in [7, 11) is 3.83. The fourth-order valence-electron chi connectivity index (χ4n) is 2.85. The third-order valence-corrected chi connectivity index (χ3v) is 5.16. The first-order chi connectivity index (χ1) is 12.5. The number of aryl methyl sites for hydroxylation is 1. The van der Waals surface area contributed by atoms with Gasteiger partial charge >= 0.3 is 0 Å². The second-order valence-electron chi connectivity index (χ2n) is 6.51. The first-order valence-electron chi connectivity index (χ1n) is 8.83. The first kappa shape index (κ1) is 20.3. The van der Waals surface area contributed by atoms with Crippen molar-refractivity contribution in [2.24, 2.45) is 0 Å². The van der Waals surface area contributed by atoms with E-state index in [-0.39, 0.29) is 0 Å². The summed E-state index contributed by atoms with van der Waals surface area (Å²) in [6, 6.07) is 14.3. The number of halogens is 1. The summed E-state index contributed by atoms with van der Waals surface area (Å²) < 4.78 is 5.98. The highest BCUT2D eigenvalue weighted by molar-refractivity contribution is 9.10. The van der Waals surface area contributed by atoms with Gasteiger partial charge in [0.2, 0.25) is 0 Å². The number of likely N-dealkylation sites (N-methyl/N-ethyl adjacent to an activating group) is 1. The van der Waals surface area contributed by atoms with E-state index in [1.54, 1.807) is 7.11 Å². The molecule has 0 aromatic heterocycles. The van der Waals surface area contributed by atoms with Crippen LogP contribution in [-0.4, -0.2) is 32.1 Å². The zero-order chi connectivity index (χ0) is 18.9. The van der Waals surface area contributed by atoms with Gasteiger partial charge in [0.1, 0.15) is 11.8 Å². The van der Waals surface area contributed by atoms with Crippen LogP contribution in [0.4, 0.5) is 5.69 Å². The van der Waals surface area contributed by atoms with Crippen LogP contribution in [0, 0.1) is 11.3 Å². The minimum absolute atomic E-state index is 0.517. The molecule has 0 atom stereocenters. The third-order valence-electron chi connectivity index (χ3n) is 4.51. The Labute approximate surface area is 164 Å². The molecule has 138 valence electrons. The number of unbranched alkanes of at least 4 members (excludes halogenated alkanes) is 1. The van der Waals surface area contributed by atoms with E-state index in [1.165, 1.54) is 12.0 Å². The number of methoxy groups -OCH3 is 1. The van der Waals surface area contributed by atoms with Crippen LogP contribution >= 0.6 is 15.9 Å². The van der Waals surface area contributed by atoms with Crippen LogP contribution in [0.3, 0.4) is 0 Å². The predicted octanol–water partition coefficient (Wildman–Crippen LogP) is 4.41. The molecule has 0 amide bonds. The van der Waals surface area contributed by atoms with Crippen LogP contribution in [0.2, 0.25) is 0 Å². The summed E-state index contributed by atoms with van der Waals surface area (Å²) in [6.45, 7) is 2.03. The lowest BCUT2D eigenvalue weighted by Crippen LogP contribution is -2.22. The van der Waals surface area contributed by atoms with Crippen LogP contribution in [-0.2, 0) is 12.8 Å². The van der Waals surface area contributed by atoms with Crippen molar-refractivity contribution in [3.8, 4) is 11.8 Å². The molecule has 0 radical (unpaired) electrons. The maximum Gasteiger partial charge on any atom is 0.118 e. The van der Waals surface area contributed by atoms with Crippen molar-refractivity contribution in [2.75, 3.05) is 33.0 Å². The number of anilines is 1. The van der Waals surface area contributed by atoms with Gasteiger partial charge in [-0.15, -0.1) is 0 Å². The van der Waals surface area contributed by atoms with Crippen molar-refractivity contribution in [1.29, 1.82) is 5.26 Å². The average molecular weight is 416 g/mol. The maximum atomic E-state index is 9.14. The van der Waals surface area contributed by atoms with E-state index in [4.69, 9.17) is 15.7 Å². The van der Waals surface area contributed by atoms with Crippen molar-refractivity contribution in [3.63, 3.8) is 0 Å². The Morgan fingerprint density at radius 3 is 2.46 bits per heavy atom. The molecule has 2 aromatic rings. The zero-order valence-electron chi connectivity index (χ0n) is 15.5. The molecular formula is C21H26BrN3O. The van der Waals surface area contributed by atoms with E-state index in [1.807, 2.05) is 24.3 Å². The molecule has 5 heteroatoms. The van der Waals surface area contributed by atoms with E-state index in [9.17, 15) is 0 Å². The van der Waals surface area contributed by atoms with E-state index < -0.39 is 0 Å². The molecule has 0 heterocycles. The highest BCUT2D eigenvalue weighted by atomic mass is 79.9. The zero-order valence-corrected chi connectivity index (χ0v) is 17.1. The number of ether oxygens (including phenoxy) is 1. The molecule has 2 N–H and O–H groups in total. The van der Waals surface area contributed by atoms with Gasteiger partial charge < -0.3 is 15.4 Å². The van der Waals surface area contributed by atoms with Crippen LogP contribution in [0.25, 0.3) is 0 Å². The van der Waals surface area contributed by atoms with Gasteiger partial charge in [-0.3, -0.25) is 0 Å². The molecule has 0 aliphatic rings. The molecule has 2 rings (SSSR count). The fraction of sp³-hybridized carbons (Fsp3) is 0.381. The average Bonchev–Trinajstić information content (AvgIpc) is 2.66. The highest BCUT2D eigenvalue weighted by Crippen LogP contribution is 2.25. The molecule has 0 saturated heterocycles. The summed E-state index contributed by atoms with van der Waals surface area (Å²) in [5.41, 5.74) is 9.41. The Bertz CT molecular complexity index is 753. The van der Waals surface area contributed by atoms with Crippen LogP contribution in [0.15, 0.2) is 40.9 Å². The molecule has 0 spiro atoms. The van der Waals surface area contributed by atoms with Crippen molar-refractivity contribution in [3.05, 3.63) is 57.6 Å². The highest BCUT2D eigenvalue weighted by Gasteiger charge is 2.07. The van der Waals surface area contributed by atoms with Gasteiger partial charge in [-0.2, -0.15) is 5.26 Å². The Morgan fingerprint density at radius 1 is 1.08 bits per heavy atom. The lowest BCUT2D eigenvalue weighted by Gasteiger charge is -2.17. The topological polar surface area (TPSA) is 62.3 Å². The maximum absolute atomic E-state index is 9.14. The molecule has 0 saturated carbocycles. The van der Waals surface area contributed by atoms with Crippen LogP contribution < -0.4 is 10.5 Å². The quantitative estimate of drug-likeness (QED) is 0.486. The lowest BCUT2D eigenvalue weighted by atomic mass is 10.1. The summed E-state index contributed by atoms with van der Waals surface area (Å²) in [5.74, 6) is 0.905. The number of hydrogen-bond acceptors (Lipinski definition) is 4. The summed E-state index contributed by atoms with van der Waals surface area (Å²) in [6.07, 6.45) is 4.33. The van der Waals surface area contributed by atoms with E-state index in [0.717, 1.165) is 48.1 Å². The molecule has 4 nitrogen and oxygen atoms in total. The van der Waals surface area contributed by atoms with Crippen molar-refractivity contribution in [2.45, 2.75) is 25.7 Å². The van der Waals surface area contributed by atoms with Crippen LogP contribution in [0.5, 0.6) is 5.75 Å². The molecule has 0 aliphatic carbocycles. The molecule has 2 aromatic carbocycles. The van der Waals surface area contributed by atoms with Gasteiger partial charge in [-0.1, -0.05) is 12.1 Å². The van der Waals surface area contributed by atoms with Crippen molar-refractivity contribution < 1.29 is 4.74 Å². The van der Waals surface area contributed by atoms with E-state index in [2.05, 4.69) is 46.1 Å². The largest absolute Gasteiger partial charge is 0.497 e. The number of rotatable bonds is 9. The van der Waals surface area contributed by atoms with Crippen LogP contribution in [0.1, 0.15) is 29.5 Å². The number of nitrogens with two attached hydrogens (primary N) is 1. The van der Waals surface area contributed by atoms with Gasteiger partial charge in [0, 0.05) is 11.0 Å². The first-order valence-corrected chi connectivity index (χ1v) is 9.62. The summed E-state index contributed by atoms with van der Waals surface area (Å²) in [5, 5.41) is 9.14. The number of nitrogen functional groups attached to an aromatic ring is 1. The standard InChI is InChI=1S/C21H26BrN3O/c1-25(11-4-3-5-16-6-8-19(26-2)9-7-16)12-10-17-13-18(15-23)21(24)20(22)14-17/h6-9,13-14H,3-5,10-12,24H2,1-2H3. The molecule has 0 fully saturated rings. The summed E-state index contributed by atoms with van der Waals surface area (Å²) >= 11 is 3.43. The van der Waals surface area contributed by atoms with E-state index in [0.29, 0.717) is 11.3 Å². The molecule has 0 bridgehead atoms. The monoisotopic (exact) mass is 415 g/mol. The predicted molar refractivity (Wildman–Crippen MR) is 110 cm³/mol. The molecule has 0 aliphatic heterocycles. The molecule has 26 heavy (non-hydrogen) atoms. The van der Waals surface area contributed by atoms with Crippen molar-refractivity contribution in [1.82, 2.24) is 4.90 Å². The second-order valence-corrected chi connectivity index (χ2v) is 7.36. The number of nitrogens with zero attached hydrogens (tertiary/aromatic N) is 2. The normalized spacial score (nSPS) is 10.7. The second kappa shape index (κ2) is 10.2. The van der Waals surface area contributed by atoms with Gasteiger partial charge in [-0.25, -0.2) is 0 Å². The number of hydrogen-bond donors (Lipinski definition) is 1. The smallest absolute Gasteiger partial charge is 0.118 e. The van der Waals surface area contributed by atoms with Gasteiger partial charge in [0.25, 0.3) is 0 Å². The fourth-order valence-corrected chi connectivity index (χ4v) is 3.35. The molecule has 0 unspecified atom stereocenters. The number of nitriles is 1. The van der Waals surface area contributed by atoms with Gasteiger partial charge in [0.15, 0.2) is 0 Å². The Balaban J connectivity index is 1.71. The van der Waals surface area contributed by atoms with Gasteiger partial charge in [-0.05, 0) is 90.6 Å². The van der Waals surface area contributed by atoms with Gasteiger partial charge in [0.05, 0.1) is 18.4 Å². The summed E-state index contributed by atoms with van der Waals surface area (Å²) in [4.78, 5) is 2.34. The Morgan fingerprint density at radius 2 is 1.81 bits per heavy atom. The third kappa shape index (κ3) is 6.05. The lowest BCUT2D eigenvalue weighted by molar-refractivity contribution is 0.330. The Hall–Kier alpha value is -2.03. The SMILES string of the molecule is COc1ccc(CCCCN(C)CCc2cc(Br)c(N)c(C#N)c2)cc1.